The first-order valence-corrected chi connectivity index (χ1v) is 9.57. The summed E-state index contributed by atoms with van der Waals surface area (Å²) in [6, 6.07) is 15.7. The van der Waals surface area contributed by atoms with Gasteiger partial charge in [0.05, 0.1) is 13.7 Å². The summed E-state index contributed by atoms with van der Waals surface area (Å²) in [5.74, 6) is 1.06. The number of para-hydroxylation sites is 1. The first kappa shape index (κ1) is 18.5. The van der Waals surface area contributed by atoms with Gasteiger partial charge in [-0.05, 0) is 43.3 Å². The van der Waals surface area contributed by atoms with Gasteiger partial charge in [0.25, 0.3) is 0 Å². The zero-order chi connectivity index (χ0) is 18.4. The van der Waals surface area contributed by atoms with Gasteiger partial charge in [-0.15, -0.1) is 0 Å². The fraction of sp³-hybridized carbons (Fsp3) is 0.381. The Morgan fingerprint density at radius 1 is 1.15 bits per heavy atom. The average Bonchev–Trinajstić information content (AvgIpc) is 2.68. The number of benzene rings is 2. The minimum absolute atomic E-state index is 0.279. The van der Waals surface area contributed by atoms with Crippen molar-refractivity contribution < 1.29 is 9.84 Å². The van der Waals surface area contributed by atoms with Crippen LogP contribution in [-0.4, -0.2) is 23.4 Å². The SMILES string of the molecule is COc1cccc(N(Cc2ccccc2O)C(=S)NC2CCCCC2)c1. The molecule has 138 valence electrons. The van der Waals surface area contributed by atoms with Gasteiger partial charge >= 0.3 is 0 Å². The molecule has 2 aromatic rings. The molecule has 1 aliphatic carbocycles. The predicted octanol–water partition coefficient (Wildman–Crippen LogP) is 4.61. The van der Waals surface area contributed by atoms with Crippen molar-refractivity contribution in [2.45, 2.75) is 44.7 Å². The zero-order valence-corrected chi connectivity index (χ0v) is 16.0. The van der Waals surface area contributed by atoms with Crippen molar-refractivity contribution in [3.63, 3.8) is 0 Å². The molecule has 0 amide bonds. The van der Waals surface area contributed by atoms with E-state index >= 15 is 0 Å². The van der Waals surface area contributed by atoms with Gasteiger partial charge in [-0.1, -0.05) is 43.5 Å². The Hall–Kier alpha value is -2.27. The van der Waals surface area contributed by atoms with E-state index in [1.807, 2.05) is 47.4 Å². The number of hydrogen-bond donors (Lipinski definition) is 2. The predicted molar refractivity (Wildman–Crippen MR) is 110 cm³/mol. The number of aromatic hydroxyl groups is 1. The van der Waals surface area contributed by atoms with Crippen molar-refractivity contribution >= 4 is 23.0 Å². The van der Waals surface area contributed by atoms with Crippen molar-refractivity contribution in [1.82, 2.24) is 5.32 Å². The van der Waals surface area contributed by atoms with Crippen LogP contribution in [0.15, 0.2) is 48.5 Å². The van der Waals surface area contributed by atoms with Crippen LogP contribution < -0.4 is 15.0 Å². The van der Waals surface area contributed by atoms with Crippen LogP contribution in [0.5, 0.6) is 11.5 Å². The largest absolute Gasteiger partial charge is 0.508 e. The molecule has 0 spiro atoms. The summed E-state index contributed by atoms with van der Waals surface area (Å²) in [6.45, 7) is 0.498. The molecule has 0 aliphatic heterocycles. The van der Waals surface area contributed by atoms with Gasteiger partial charge < -0.3 is 20.1 Å². The van der Waals surface area contributed by atoms with Gasteiger partial charge in [0.15, 0.2) is 5.11 Å². The first-order chi connectivity index (χ1) is 12.7. The van der Waals surface area contributed by atoms with Gasteiger partial charge in [0, 0.05) is 23.4 Å². The molecule has 0 atom stereocenters. The molecule has 1 aliphatic rings. The molecule has 1 fully saturated rings. The van der Waals surface area contributed by atoms with E-state index in [0.717, 1.165) is 29.8 Å². The molecule has 0 radical (unpaired) electrons. The molecule has 26 heavy (non-hydrogen) atoms. The summed E-state index contributed by atoms with van der Waals surface area (Å²) < 4.78 is 5.37. The van der Waals surface area contributed by atoms with Crippen LogP contribution in [-0.2, 0) is 6.54 Å². The summed E-state index contributed by atoms with van der Waals surface area (Å²) in [5.41, 5.74) is 1.78. The Morgan fingerprint density at radius 3 is 2.65 bits per heavy atom. The monoisotopic (exact) mass is 370 g/mol. The van der Waals surface area contributed by atoms with Gasteiger partial charge in [0.2, 0.25) is 0 Å². The lowest BCUT2D eigenvalue weighted by Gasteiger charge is -2.31. The number of hydrogen-bond acceptors (Lipinski definition) is 3. The van der Waals surface area contributed by atoms with E-state index in [1.165, 1.54) is 19.3 Å². The Morgan fingerprint density at radius 2 is 1.92 bits per heavy atom. The molecule has 0 aromatic heterocycles. The standard InChI is InChI=1S/C21H26N2O2S/c1-25-19-12-7-11-18(14-19)23(15-16-8-5-6-13-20(16)24)21(26)22-17-9-3-2-4-10-17/h5-8,11-14,17,24H,2-4,9-10,15H2,1H3,(H,22,26). The van der Waals surface area contributed by atoms with Crippen molar-refractivity contribution in [2.75, 3.05) is 12.0 Å². The highest BCUT2D eigenvalue weighted by Crippen LogP contribution is 2.26. The highest BCUT2D eigenvalue weighted by Gasteiger charge is 2.20. The van der Waals surface area contributed by atoms with Crippen LogP contribution in [0.2, 0.25) is 0 Å². The summed E-state index contributed by atoms with van der Waals surface area (Å²) in [4.78, 5) is 2.03. The van der Waals surface area contributed by atoms with E-state index in [2.05, 4.69) is 5.32 Å². The van der Waals surface area contributed by atoms with Gasteiger partial charge in [-0.2, -0.15) is 0 Å². The fourth-order valence-electron chi connectivity index (χ4n) is 3.37. The van der Waals surface area contributed by atoms with E-state index < -0.39 is 0 Å². The van der Waals surface area contributed by atoms with Crippen LogP contribution in [0.4, 0.5) is 5.69 Å². The van der Waals surface area contributed by atoms with E-state index in [-0.39, 0.29) is 5.75 Å². The molecule has 0 heterocycles. The second-order valence-corrected chi connectivity index (χ2v) is 7.09. The maximum atomic E-state index is 10.2. The molecule has 5 heteroatoms. The van der Waals surface area contributed by atoms with Crippen LogP contribution in [0.3, 0.4) is 0 Å². The van der Waals surface area contributed by atoms with Crippen molar-refractivity contribution in [1.29, 1.82) is 0 Å². The number of thiocarbonyl (C=S) groups is 1. The van der Waals surface area contributed by atoms with Crippen molar-refractivity contribution in [2.24, 2.45) is 0 Å². The summed E-state index contributed by atoms with van der Waals surface area (Å²) in [7, 11) is 1.66. The molecular formula is C21H26N2O2S. The lowest BCUT2D eigenvalue weighted by atomic mass is 9.96. The Labute approximate surface area is 160 Å². The van der Waals surface area contributed by atoms with Crippen LogP contribution in [0.25, 0.3) is 0 Å². The molecule has 2 aromatic carbocycles. The molecule has 3 rings (SSSR count). The Kier molecular flexibility index (Phi) is 6.34. The van der Waals surface area contributed by atoms with E-state index in [4.69, 9.17) is 17.0 Å². The quantitative estimate of drug-likeness (QED) is 0.752. The van der Waals surface area contributed by atoms with Crippen molar-refractivity contribution in [3.8, 4) is 11.5 Å². The number of ether oxygens (including phenoxy) is 1. The Balaban J connectivity index is 1.84. The van der Waals surface area contributed by atoms with Gasteiger partial charge in [-0.3, -0.25) is 0 Å². The van der Waals surface area contributed by atoms with Gasteiger partial charge in [-0.25, -0.2) is 0 Å². The molecule has 0 unspecified atom stereocenters. The minimum Gasteiger partial charge on any atom is -0.508 e. The van der Waals surface area contributed by atoms with E-state index in [0.29, 0.717) is 17.7 Å². The second kappa shape index (κ2) is 8.90. The lowest BCUT2D eigenvalue weighted by molar-refractivity contribution is 0.412. The van der Waals surface area contributed by atoms with Gasteiger partial charge in [0.1, 0.15) is 11.5 Å². The zero-order valence-electron chi connectivity index (χ0n) is 15.1. The number of nitrogens with one attached hydrogen (secondary N) is 1. The number of anilines is 1. The van der Waals surface area contributed by atoms with Crippen LogP contribution in [0.1, 0.15) is 37.7 Å². The minimum atomic E-state index is 0.279. The smallest absolute Gasteiger partial charge is 0.173 e. The molecular weight excluding hydrogens is 344 g/mol. The summed E-state index contributed by atoms with van der Waals surface area (Å²) >= 11 is 5.75. The third-order valence-electron chi connectivity index (χ3n) is 4.86. The highest BCUT2D eigenvalue weighted by molar-refractivity contribution is 7.80. The van der Waals surface area contributed by atoms with Crippen LogP contribution >= 0.6 is 12.2 Å². The molecule has 0 saturated heterocycles. The number of rotatable bonds is 5. The highest BCUT2D eigenvalue weighted by atomic mass is 32.1. The average molecular weight is 371 g/mol. The number of phenols is 1. The molecule has 4 nitrogen and oxygen atoms in total. The normalized spacial score (nSPS) is 14.7. The molecule has 0 bridgehead atoms. The second-order valence-electron chi connectivity index (χ2n) is 6.70. The van der Waals surface area contributed by atoms with E-state index in [9.17, 15) is 5.11 Å². The maximum Gasteiger partial charge on any atom is 0.173 e. The van der Waals surface area contributed by atoms with E-state index in [1.54, 1.807) is 13.2 Å². The topological polar surface area (TPSA) is 44.7 Å². The fourth-order valence-corrected chi connectivity index (χ4v) is 3.71. The van der Waals surface area contributed by atoms with Crippen molar-refractivity contribution in [3.05, 3.63) is 54.1 Å². The maximum absolute atomic E-state index is 10.2. The molecule has 1 saturated carbocycles. The number of methoxy groups -OCH3 is 1. The number of nitrogens with zero attached hydrogens (tertiary/aromatic N) is 1. The third kappa shape index (κ3) is 4.67. The van der Waals surface area contributed by atoms with Crippen LogP contribution in [0, 0.1) is 0 Å². The third-order valence-corrected chi connectivity index (χ3v) is 5.20. The first-order valence-electron chi connectivity index (χ1n) is 9.16. The lowest BCUT2D eigenvalue weighted by Crippen LogP contribution is -2.45. The molecule has 2 N–H and O–H groups in total. The number of phenolic OH excluding ortho intramolecular Hbond substituents is 1. The summed E-state index contributed by atoms with van der Waals surface area (Å²) in [6.07, 6.45) is 6.12. The Bertz CT molecular complexity index is 744. The summed E-state index contributed by atoms with van der Waals surface area (Å²) in [5, 5.41) is 14.4.